The van der Waals surface area contributed by atoms with Gasteiger partial charge in [0.2, 0.25) is 5.91 Å². The molecule has 4 N–H and O–H groups in total. The van der Waals surface area contributed by atoms with Gasteiger partial charge in [-0.15, -0.1) is 0 Å². The molecule has 2 aromatic heterocycles. The summed E-state index contributed by atoms with van der Waals surface area (Å²) >= 11 is 3.70. The van der Waals surface area contributed by atoms with E-state index in [-0.39, 0.29) is 23.1 Å². The number of ether oxygens (including phenoxy) is 2. The predicted octanol–water partition coefficient (Wildman–Crippen LogP) is 5.21. The molecule has 2 unspecified atom stereocenters. The maximum absolute atomic E-state index is 12.4. The Morgan fingerprint density at radius 3 is 1.73 bits per heavy atom. The number of aromatic nitrogens is 4. The Morgan fingerprint density at radius 1 is 0.745 bits per heavy atom. The second kappa shape index (κ2) is 19.0. The topological polar surface area (TPSA) is 158 Å². The lowest BCUT2D eigenvalue weighted by atomic mass is 10.1. The van der Waals surface area contributed by atoms with Crippen molar-refractivity contribution in [2.45, 2.75) is 86.0 Å². The fourth-order valence-corrected chi connectivity index (χ4v) is 9.80. The highest BCUT2D eigenvalue weighted by atomic mass is 32.2. The summed E-state index contributed by atoms with van der Waals surface area (Å²) in [6.45, 7) is 8.63. The average molecular weight is 791 g/mol. The van der Waals surface area contributed by atoms with Gasteiger partial charge in [-0.05, 0) is 94.9 Å². The number of hydrogen-bond donors (Lipinski definition) is 4. The zero-order valence-corrected chi connectivity index (χ0v) is 33.6. The number of likely N-dealkylation sites (tertiary alicyclic amines) is 2. The number of rotatable bonds is 10. The fraction of sp³-hybridized carbons (Fsp3) is 0.575. The van der Waals surface area contributed by atoms with E-state index in [1.165, 1.54) is 19.4 Å². The van der Waals surface area contributed by atoms with E-state index in [1.807, 2.05) is 64.8 Å². The van der Waals surface area contributed by atoms with Crippen LogP contribution in [0.2, 0.25) is 0 Å². The first-order valence-electron chi connectivity index (χ1n) is 19.7. The maximum Gasteiger partial charge on any atom is 0.258 e. The summed E-state index contributed by atoms with van der Waals surface area (Å²) in [5, 5.41) is 9.50. The Hall–Kier alpha value is -3.63. The third-order valence-electron chi connectivity index (χ3n) is 10.8. The highest BCUT2D eigenvalue weighted by Gasteiger charge is 2.24. The van der Waals surface area contributed by atoms with E-state index in [1.54, 1.807) is 6.92 Å². The smallest absolute Gasteiger partial charge is 0.258 e. The minimum absolute atomic E-state index is 0.0495. The van der Waals surface area contributed by atoms with Crippen molar-refractivity contribution in [1.82, 2.24) is 29.7 Å². The molecular formula is C40H54N8O5S2. The van der Waals surface area contributed by atoms with E-state index in [9.17, 15) is 14.4 Å². The maximum atomic E-state index is 12.4. The number of hydrogen-bond acceptors (Lipinski definition) is 12. The van der Waals surface area contributed by atoms with Crippen molar-refractivity contribution in [2.75, 3.05) is 70.3 Å². The summed E-state index contributed by atoms with van der Waals surface area (Å²) in [7, 11) is 2.16. The van der Waals surface area contributed by atoms with Crippen molar-refractivity contribution in [2.24, 2.45) is 0 Å². The largest absolute Gasteiger partial charge is 0.381 e. The van der Waals surface area contributed by atoms with Crippen molar-refractivity contribution in [3.63, 3.8) is 0 Å². The van der Waals surface area contributed by atoms with Gasteiger partial charge < -0.3 is 39.9 Å². The van der Waals surface area contributed by atoms with Crippen LogP contribution < -0.4 is 21.8 Å². The zero-order chi connectivity index (χ0) is 38.1. The number of aromatic amines is 2. The lowest BCUT2D eigenvalue weighted by Gasteiger charge is -2.30. The lowest BCUT2D eigenvalue weighted by molar-refractivity contribution is -0.127. The van der Waals surface area contributed by atoms with Crippen LogP contribution in [0.4, 0.5) is 11.4 Å². The van der Waals surface area contributed by atoms with E-state index >= 15 is 0 Å². The van der Waals surface area contributed by atoms with Crippen LogP contribution in [-0.4, -0.2) is 118 Å². The van der Waals surface area contributed by atoms with Crippen molar-refractivity contribution in [3.05, 3.63) is 68.8 Å². The molecule has 55 heavy (non-hydrogen) atoms. The number of piperidine rings is 1. The van der Waals surface area contributed by atoms with Gasteiger partial charge in [-0.25, -0.2) is 9.97 Å². The number of thioether (sulfide) groups is 2. The molecule has 0 aliphatic carbocycles. The number of carbonyl (C=O) groups excluding carboxylic acids is 1. The van der Waals surface area contributed by atoms with Gasteiger partial charge >= 0.3 is 0 Å². The third kappa shape index (κ3) is 11.0. The van der Waals surface area contributed by atoms with Crippen LogP contribution in [0, 0.1) is 0 Å². The van der Waals surface area contributed by atoms with Gasteiger partial charge in [-0.2, -0.15) is 23.5 Å². The summed E-state index contributed by atoms with van der Waals surface area (Å²) in [6.07, 6.45) is 7.57. The van der Waals surface area contributed by atoms with Crippen LogP contribution in [0.5, 0.6) is 0 Å². The molecule has 0 bridgehead atoms. The Morgan fingerprint density at radius 2 is 1.25 bits per heavy atom. The molecular weight excluding hydrogens is 737 g/mol. The number of benzene rings is 2. The molecule has 0 radical (unpaired) electrons. The summed E-state index contributed by atoms with van der Waals surface area (Å²) in [5.74, 6) is 3.03. The van der Waals surface area contributed by atoms with Crippen molar-refractivity contribution < 1.29 is 14.3 Å². The number of fused-ring (bicyclic) bond motifs is 2. The Labute approximate surface area is 330 Å². The first-order chi connectivity index (χ1) is 26.8. The number of nitrogens with one attached hydrogen (secondary N) is 4. The van der Waals surface area contributed by atoms with Crippen LogP contribution >= 0.6 is 23.5 Å². The highest BCUT2D eigenvalue weighted by Crippen LogP contribution is 2.27. The van der Waals surface area contributed by atoms with E-state index in [2.05, 4.69) is 37.5 Å². The van der Waals surface area contributed by atoms with Gasteiger partial charge in [0.05, 0.1) is 33.3 Å². The molecule has 296 valence electrons. The molecule has 4 aliphatic heterocycles. The monoisotopic (exact) mass is 790 g/mol. The van der Waals surface area contributed by atoms with Gasteiger partial charge in [0.15, 0.2) is 0 Å². The van der Waals surface area contributed by atoms with Crippen molar-refractivity contribution in [1.29, 1.82) is 0 Å². The second-order valence-corrected chi connectivity index (χ2v) is 17.7. The molecule has 2 atom stereocenters. The molecule has 13 nitrogen and oxygen atoms in total. The normalized spacial score (nSPS) is 21.4. The standard InChI is InChI=1S/C20H26N4O3S.C20H28N4O2S/c1-13(25)24-7-4-15(11-24)21-14-2-3-17-18(10-14)22-19(23-20(17)26)12-28-16-5-8-27-9-6-16;1-24-8-2-3-15(12-24)21-14-4-5-17-18(11-14)22-19(23-20(17)25)13-27-16-6-9-26-10-7-16/h2-3,10,15-16,21H,4-9,11-12H2,1H3,(H,22,23,26);4-5,11,15-16,21H,2-3,6-10,12-13H2,1H3,(H,22,23,25). The van der Waals surface area contributed by atoms with E-state index < -0.39 is 0 Å². The molecule has 1 amide bonds. The van der Waals surface area contributed by atoms with E-state index in [4.69, 9.17) is 14.5 Å². The van der Waals surface area contributed by atoms with Crippen molar-refractivity contribution in [3.8, 4) is 0 Å². The quantitative estimate of drug-likeness (QED) is 0.167. The van der Waals surface area contributed by atoms with Crippen LogP contribution in [0.3, 0.4) is 0 Å². The molecule has 4 fully saturated rings. The van der Waals surface area contributed by atoms with Gasteiger partial charge in [0.25, 0.3) is 11.1 Å². The number of H-pyrrole nitrogens is 2. The molecule has 8 rings (SSSR count). The van der Waals surface area contributed by atoms with Crippen LogP contribution in [0.25, 0.3) is 21.8 Å². The SMILES string of the molecule is CC(=O)N1CCC(Nc2ccc3c(=O)[nH]c(CSC4CCOCC4)nc3c2)C1.CN1CCCC(Nc2ccc3c(=O)[nH]c(CSC4CCOCC4)nc3c2)C1. The Kier molecular flexibility index (Phi) is 13.7. The molecule has 4 aliphatic rings. The number of amides is 1. The minimum atomic E-state index is -0.0947. The molecule has 0 saturated carbocycles. The highest BCUT2D eigenvalue weighted by molar-refractivity contribution is 7.99. The molecule has 2 aromatic carbocycles. The minimum Gasteiger partial charge on any atom is -0.381 e. The predicted molar refractivity (Wildman–Crippen MR) is 223 cm³/mol. The summed E-state index contributed by atoms with van der Waals surface area (Å²) in [6, 6.07) is 12.2. The first kappa shape index (κ1) is 39.6. The van der Waals surface area contributed by atoms with Gasteiger partial charge in [-0.1, -0.05) is 0 Å². The first-order valence-corrected chi connectivity index (χ1v) is 21.8. The Bertz CT molecular complexity index is 2030. The molecule has 15 heteroatoms. The van der Waals surface area contributed by atoms with Crippen molar-refractivity contribution >= 4 is 62.6 Å². The third-order valence-corrected chi connectivity index (χ3v) is 13.5. The van der Waals surface area contributed by atoms with Crippen LogP contribution in [-0.2, 0) is 25.8 Å². The van der Waals surface area contributed by atoms with Gasteiger partial charge in [0, 0.05) is 86.9 Å². The summed E-state index contributed by atoms with van der Waals surface area (Å²) in [5.41, 5.74) is 3.32. The van der Waals surface area contributed by atoms with Gasteiger partial charge in [-0.3, -0.25) is 14.4 Å². The number of nitrogens with zero attached hydrogens (tertiary/aromatic N) is 4. The number of carbonyl (C=O) groups is 1. The fourth-order valence-electron chi connectivity index (χ4n) is 7.69. The second-order valence-electron chi connectivity index (χ2n) is 15.1. The van der Waals surface area contributed by atoms with Crippen LogP contribution in [0.1, 0.15) is 63.5 Å². The lowest BCUT2D eigenvalue weighted by Crippen LogP contribution is -2.39. The molecule has 0 spiro atoms. The number of likely N-dealkylation sites (N-methyl/N-ethyl adjacent to an activating group) is 1. The van der Waals surface area contributed by atoms with E-state index in [0.717, 1.165) is 106 Å². The Balaban J connectivity index is 0.000000169. The molecule has 6 heterocycles. The molecule has 4 aromatic rings. The summed E-state index contributed by atoms with van der Waals surface area (Å²) in [4.78, 5) is 55.9. The van der Waals surface area contributed by atoms with E-state index in [0.29, 0.717) is 45.1 Å². The molecule has 4 saturated heterocycles. The number of anilines is 2. The van der Waals surface area contributed by atoms with Gasteiger partial charge in [0.1, 0.15) is 11.6 Å². The summed E-state index contributed by atoms with van der Waals surface area (Å²) < 4.78 is 10.8. The van der Waals surface area contributed by atoms with Crippen LogP contribution in [0.15, 0.2) is 46.0 Å². The zero-order valence-electron chi connectivity index (χ0n) is 31.9. The average Bonchev–Trinajstić information content (AvgIpc) is 3.66.